The average Bonchev–Trinajstić information content (AvgIpc) is 2.57. The van der Waals surface area contributed by atoms with Gasteiger partial charge in [0.15, 0.2) is 0 Å². The number of alkyl halides is 3. The zero-order chi connectivity index (χ0) is 18.0. The molecule has 1 aromatic heterocycles. The van der Waals surface area contributed by atoms with Gasteiger partial charge in [0, 0.05) is 17.5 Å². The van der Waals surface area contributed by atoms with E-state index in [1.165, 1.54) is 4.90 Å². The van der Waals surface area contributed by atoms with E-state index in [1.54, 1.807) is 6.20 Å². The molecule has 4 nitrogen and oxygen atoms in total. The van der Waals surface area contributed by atoms with Crippen molar-refractivity contribution in [3.63, 3.8) is 0 Å². The highest BCUT2D eigenvalue weighted by Crippen LogP contribution is 2.27. The molecule has 1 N–H and O–H groups in total. The molecule has 1 aliphatic heterocycles. The number of nitrogens with one attached hydrogen (secondary N) is 1. The van der Waals surface area contributed by atoms with Crippen LogP contribution in [0.2, 0.25) is 0 Å². The van der Waals surface area contributed by atoms with E-state index in [1.807, 2.05) is 31.2 Å². The fraction of sp³-hybridized carbons (Fsp3) is 0.444. The van der Waals surface area contributed by atoms with Gasteiger partial charge in [-0.2, -0.15) is 13.2 Å². The van der Waals surface area contributed by atoms with Crippen molar-refractivity contribution in [3.8, 4) is 0 Å². The summed E-state index contributed by atoms with van der Waals surface area (Å²) in [5.41, 5.74) is 2.55. The molecule has 1 amide bonds. The van der Waals surface area contributed by atoms with Crippen molar-refractivity contribution in [2.75, 3.05) is 25.0 Å². The fourth-order valence-corrected chi connectivity index (χ4v) is 3.26. The van der Waals surface area contributed by atoms with E-state index < -0.39 is 12.7 Å². The van der Waals surface area contributed by atoms with Crippen LogP contribution in [0.15, 0.2) is 30.5 Å². The number of anilines is 1. The number of carbonyl (C=O) groups is 1. The first-order valence-corrected chi connectivity index (χ1v) is 8.28. The van der Waals surface area contributed by atoms with Crippen LogP contribution < -0.4 is 5.32 Å². The Kier molecular flexibility index (Phi) is 4.94. The van der Waals surface area contributed by atoms with E-state index in [2.05, 4.69) is 10.3 Å². The van der Waals surface area contributed by atoms with Gasteiger partial charge in [0.2, 0.25) is 5.91 Å². The Morgan fingerprint density at radius 2 is 2.00 bits per heavy atom. The molecule has 7 heteroatoms. The smallest absolute Gasteiger partial charge is 0.325 e. The Bertz CT molecular complexity index is 768. The number of aryl methyl sites for hydroxylation is 1. The first-order valence-electron chi connectivity index (χ1n) is 8.28. The van der Waals surface area contributed by atoms with Gasteiger partial charge in [-0.15, -0.1) is 0 Å². The fourth-order valence-electron chi connectivity index (χ4n) is 3.26. The minimum Gasteiger partial charge on any atom is -0.325 e. The van der Waals surface area contributed by atoms with Gasteiger partial charge < -0.3 is 5.32 Å². The molecule has 1 fully saturated rings. The quantitative estimate of drug-likeness (QED) is 0.916. The van der Waals surface area contributed by atoms with Gasteiger partial charge in [-0.1, -0.05) is 6.07 Å². The van der Waals surface area contributed by atoms with Crippen molar-refractivity contribution in [2.45, 2.75) is 25.9 Å². The molecule has 0 radical (unpaired) electrons. The summed E-state index contributed by atoms with van der Waals surface area (Å²) in [5, 5.41) is 3.79. The van der Waals surface area contributed by atoms with E-state index in [4.69, 9.17) is 0 Å². The van der Waals surface area contributed by atoms with E-state index in [-0.39, 0.29) is 24.9 Å². The Labute approximate surface area is 144 Å². The normalized spacial score (nSPS) is 17.0. The Morgan fingerprint density at radius 3 is 2.68 bits per heavy atom. The van der Waals surface area contributed by atoms with Crippen LogP contribution in [0, 0.1) is 12.8 Å². The van der Waals surface area contributed by atoms with Crippen molar-refractivity contribution in [2.24, 2.45) is 5.92 Å². The van der Waals surface area contributed by atoms with Crippen LogP contribution in [-0.2, 0) is 4.79 Å². The number of likely N-dealkylation sites (tertiary alicyclic amines) is 1. The van der Waals surface area contributed by atoms with Gasteiger partial charge in [0.25, 0.3) is 0 Å². The number of rotatable bonds is 3. The van der Waals surface area contributed by atoms with E-state index in [9.17, 15) is 18.0 Å². The highest BCUT2D eigenvalue weighted by Gasteiger charge is 2.33. The van der Waals surface area contributed by atoms with Gasteiger partial charge in [-0.3, -0.25) is 14.7 Å². The predicted octanol–water partition coefficient (Wildman–Crippen LogP) is 3.76. The molecule has 0 unspecified atom stereocenters. The maximum atomic E-state index is 12.5. The molecule has 0 saturated carbocycles. The van der Waals surface area contributed by atoms with Crippen molar-refractivity contribution >= 4 is 22.5 Å². The molecule has 3 rings (SSSR count). The molecule has 2 heterocycles. The second-order valence-corrected chi connectivity index (χ2v) is 6.48. The minimum atomic E-state index is -4.19. The molecule has 0 spiro atoms. The minimum absolute atomic E-state index is 0.138. The van der Waals surface area contributed by atoms with Gasteiger partial charge in [0.05, 0.1) is 17.7 Å². The van der Waals surface area contributed by atoms with Gasteiger partial charge in [0.1, 0.15) is 0 Å². The van der Waals surface area contributed by atoms with Gasteiger partial charge >= 0.3 is 6.18 Å². The standard InChI is InChI=1S/C18H20F3N3O/c1-12-4-5-15(14-3-2-8-22-16(12)14)23-17(25)13-6-9-24(10-7-13)11-18(19,20)21/h2-5,8,13H,6-7,9-11H2,1H3,(H,23,25). The second kappa shape index (κ2) is 7.00. The molecule has 0 aliphatic carbocycles. The second-order valence-electron chi connectivity index (χ2n) is 6.48. The largest absolute Gasteiger partial charge is 0.401 e. The highest BCUT2D eigenvalue weighted by molar-refractivity contribution is 6.02. The molecule has 134 valence electrons. The third-order valence-corrected chi connectivity index (χ3v) is 4.59. The van der Waals surface area contributed by atoms with Crippen molar-refractivity contribution in [1.82, 2.24) is 9.88 Å². The van der Waals surface area contributed by atoms with Crippen LogP contribution in [0.3, 0.4) is 0 Å². The van der Waals surface area contributed by atoms with Crippen LogP contribution in [0.25, 0.3) is 10.9 Å². The molecule has 0 atom stereocenters. The summed E-state index contributed by atoms with van der Waals surface area (Å²) in [4.78, 5) is 18.2. The molecular weight excluding hydrogens is 331 g/mol. The highest BCUT2D eigenvalue weighted by atomic mass is 19.4. The number of aromatic nitrogens is 1. The van der Waals surface area contributed by atoms with Crippen LogP contribution >= 0.6 is 0 Å². The van der Waals surface area contributed by atoms with Crippen molar-refractivity contribution in [3.05, 3.63) is 36.0 Å². The number of amides is 1. The Morgan fingerprint density at radius 1 is 1.28 bits per heavy atom. The van der Waals surface area contributed by atoms with E-state index in [0.717, 1.165) is 16.5 Å². The molecular formula is C18H20F3N3O. The van der Waals surface area contributed by atoms with E-state index in [0.29, 0.717) is 18.5 Å². The molecule has 2 aromatic rings. The number of benzene rings is 1. The summed E-state index contributed by atoms with van der Waals surface area (Å²) in [5.74, 6) is -0.404. The van der Waals surface area contributed by atoms with Gasteiger partial charge in [-0.25, -0.2) is 0 Å². The van der Waals surface area contributed by atoms with Crippen LogP contribution in [0.5, 0.6) is 0 Å². The zero-order valence-electron chi connectivity index (χ0n) is 13.9. The molecule has 0 bridgehead atoms. The summed E-state index contributed by atoms with van der Waals surface area (Å²) in [6.07, 6.45) is -1.62. The predicted molar refractivity (Wildman–Crippen MR) is 90.3 cm³/mol. The summed E-state index contributed by atoms with van der Waals surface area (Å²) in [7, 11) is 0. The third kappa shape index (κ3) is 4.28. The summed E-state index contributed by atoms with van der Waals surface area (Å²) >= 11 is 0. The molecule has 1 saturated heterocycles. The Hall–Kier alpha value is -2.15. The first kappa shape index (κ1) is 17.7. The number of pyridine rings is 1. The summed E-state index contributed by atoms with van der Waals surface area (Å²) in [6, 6.07) is 7.46. The number of hydrogen-bond acceptors (Lipinski definition) is 3. The van der Waals surface area contributed by atoms with Crippen molar-refractivity contribution in [1.29, 1.82) is 0 Å². The lowest BCUT2D eigenvalue weighted by molar-refractivity contribution is -0.149. The number of halogens is 3. The zero-order valence-corrected chi connectivity index (χ0v) is 13.9. The van der Waals surface area contributed by atoms with Crippen molar-refractivity contribution < 1.29 is 18.0 Å². The maximum absolute atomic E-state index is 12.5. The SMILES string of the molecule is Cc1ccc(NC(=O)C2CCN(CC(F)(F)F)CC2)c2cccnc12. The summed E-state index contributed by atoms with van der Waals surface area (Å²) in [6.45, 7) is 1.62. The number of carbonyl (C=O) groups excluding carboxylic acids is 1. The van der Waals surface area contributed by atoms with Crippen LogP contribution in [0.1, 0.15) is 18.4 Å². The van der Waals surface area contributed by atoms with E-state index >= 15 is 0 Å². The topological polar surface area (TPSA) is 45.2 Å². The number of hydrogen-bond donors (Lipinski definition) is 1. The average molecular weight is 351 g/mol. The Balaban J connectivity index is 1.65. The number of fused-ring (bicyclic) bond motifs is 1. The lowest BCUT2D eigenvalue weighted by Gasteiger charge is -2.31. The number of piperidine rings is 1. The first-order chi connectivity index (χ1) is 11.8. The van der Waals surface area contributed by atoms with Crippen LogP contribution in [0.4, 0.5) is 18.9 Å². The molecule has 1 aromatic carbocycles. The molecule has 25 heavy (non-hydrogen) atoms. The molecule has 1 aliphatic rings. The number of nitrogens with zero attached hydrogens (tertiary/aromatic N) is 2. The van der Waals surface area contributed by atoms with Crippen LogP contribution in [-0.4, -0.2) is 41.6 Å². The lowest BCUT2D eigenvalue weighted by atomic mass is 9.95. The lowest BCUT2D eigenvalue weighted by Crippen LogP contribution is -2.42. The van der Waals surface area contributed by atoms with Gasteiger partial charge in [-0.05, 0) is 56.6 Å². The summed E-state index contributed by atoms with van der Waals surface area (Å²) < 4.78 is 37.3. The third-order valence-electron chi connectivity index (χ3n) is 4.59. The maximum Gasteiger partial charge on any atom is 0.401 e. The monoisotopic (exact) mass is 351 g/mol.